The fraction of sp³-hybridized carbons (Fsp3) is 0.192. The standard InChI is InChI=1S/C26H24N6O/c27-25-22(12-19(14-29-25)20-15-30-32(16-20)21-8-10-28-11-9-21)26-31-23-7-6-18(13-24(23)33-26)17-4-2-1-3-5-17/h1-7,12-16,21,28H,8-11H2,(H2,27,29). The molecular weight excluding hydrogens is 412 g/mol. The number of hydrogen-bond acceptors (Lipinski definition) is 6. The molecule has 1 saturated heterocycles. The second-order valence-corrected chi connectivity index (χ2v) is 8.41. The van der Waals surface area contributed by atoms with E-state index in [0.29, 0.717) is 23.3 Å². The molecule has 7 nitrogen and oxygen atoms in total. The number of oxazole rings is 1. The number of nitrogens with two attached hydrogens (primary N) is 1. The Balaban J connectivity index is 1.34. The second-order valence-electron chi connectivity index (χ2n) is 8.41. The van der Waals surface area contributed by atoms with Crippen molar-refractivity contribution in [3.05, 3.63) is 73.2 Å². The highest BCUT2D eigenvalue weighted by Crippen LogP contribution is 2.33. The Morgan fingerprint density at radius 1 is 0.909 bits per heavy atom. The van der Waals surface area contributed by atoms with Crippen LogP contribution in [0.3, 0.4) is 0 Å². The third kappa shape index (κ3) is 3.76. The molecule has 0 bridgehead atoms. The molecule has 4 heterocycles. The lowest BCUT2D eigenvalue weighted by molar-refractivity contribution is 0.343. The number of benzene rings is 2. The summed E-state index contributed by atoms with van der Waals surface area (Å²) in [6.45, 7) is 2.05. The first-order valence-electron chi connectivity index (χ1n) is 11.2. The van der Waals surface area contributed by atoms with E-state index in [-0.39, 0.29) is 0 Å². The van der Waals surface area contributed by atoms with Crippen LogP contribution in [0.25, 0.3) is 44.8 Å². The minimum Gasteiger partial charge on any atom is -0.436 e. The van der Waals surface area contributed by atoms with Crippen molar-refractivity contribution in [1.29, 1.82) is 0 Å². The first kappa shape index (κ1) is 19.7. The smallest absolute Gasteiger partial charge is 0.231 e. The van der Waals surface area contributed by atoms with Crippen molar-refractivity contribution in [2.45, 2.75) is 18.9 Å². The number of nitrogen functional groups attached to an aromatic ring is 1. The molecule has 0 unspecified atom stereocenters. The van der Waals surface area contributed by atoms with Crippen LogP contribution < -0.4 is 11.1 Å². The van der Waals surface area contributed by atoms with E-state index in [1.807, 2.05) is 42.6 Å². The van der Waals surface area contributed by atoms with Crippen molar-refractivity contribution >= 4 is 16.9 Å². The summed E-state index contributed by atoms with van der Waals surface area (Å²) in [7, 11) is 0. The van der Waals surface area contributed by atoms with Gasteiger partial charge in [-0.2, -0.15) is 5.10 Å². The molecule has 0 saturated carbocycles. The van der Waals surface area contributed by atoms with E-state index in [4.69, 9.17) is 10.2 Å². The van der Waals surface area contributed by atoms with Gasteiger partial charge in [-0.05, 0) is 55.3 Å². The normalized spacial score (nSPS) is 14.7. The lowest BCUT2D eigenvalue weighted by Crippen LogP contribution is -2.29. The zero-order chi connectivity index (χ0) is 22.2. The second kappa shape index (κ2) is 8.18. The van der Waals surface area contributed by atoms with Gasteiger partial charge >= 0.3 is 0 Å². The molecule has 5 aromatic rings. The number of fused-ring (bicyclic) bond motifs is 1. The van der Waals surface area contributed by atoms with Crippen LogP contribution >= 0.6 is 0 Å². The van der Waals surface area contributed by atoms with Gasteiger partial charge in [0.15, 0.2) is 5.58 Å². The van der Waals surface area contributed by atoms with Crippen LogP contribution in [0.2, 0.25) is 0 Å². The zero-order valence-electron chi connectivity index (χ0n) is 18.1. The minimum atomic E-state index is 0.388. The van der Waals surface area contributed by atoms with Gasteiger partial charge in [0.1, 0.15) is 11.3 Å². The van der Waals surface area contributed by atoms with Crippen LogP contribution in [-0.2, 0) is 0 Å². The van der Waals surface area contributed by atoms with Crippen molar-refractivity contribution in [2.24, 2.45) is 0 Å². The number of aromatic nitrogens is 4. The summed E-state index contributed by atoms with van der Waals surface area (Å²) in [5.41, 5.74) is 12.6. The maximum absolute atomic E-state index is 6.23. The predicted molar refractivity (Wildman–Crippen MR) is 129 cm³/mol. The van der Waals surface area contributed by atoms with E-state index in [1.165, 1.54) is 0 Å². The summed E-state index contributed by atoms with van der Waals surface area (Å²) >= 11 is 0. The van der Waals surface area contributed by atoms with Crippen molar-refractivity contribution in [3.63, 3.8) is 0 Å². The third-order valence-corrected chi connectivity index (χ3v) is 6.26. The molecule has 0 aliphatic carbocycles. The van der Waals surface area contributed by atoms with E-state index in [1.54, 1.807) is 6.20 Å². The fourth-order valence-electron chi connectivity index (χ4n) is 4.41. The lowest BCUT2D eigenvalue weighted by Gasteiger charge is -2.22. The minimum absolute atomic E-state index is 0.388. The summed E-state index contributed by atoms with van der Waals surface area (Å²) in [5.74, 6) is 0.854. The van der Waals surface area contributed by atoms with E-state index in [2.05, 4.69) is 49.5 Å². The Hall–Kier alpha value is -3.97. The summed E-state index contributed by atoms with van der Waals surface area (Å²) in [6, 6.07) is 18.7. The lowest BCUT2D eigenvalue weighted by atomic mass is 10.1. The van der Waals surface area contributed by atoms with Gasteiger partial charge in [-0.3, -0.25) is 4.68 Å². The van der Waals surface area contributed by atoms with Gasteiger partial charge in [0.2, 0.25) is 5.89 Å². The molecule has 1 aliphatic rings. The maximum Gasteiger partial charge on any atom is 0.231 e. The van der Waals surface area contributed by atoms with Crippen LogP contribution in [0.5, 0.6) is 0 Å². The van der Waals surface area contributed by atoms with Crippen LogP contribution in [0.4, 0.5) is 5.82 Å². The Morgan fingerprint density at radius 3 is 2.61 bits per heavy atom. The molecule has 0 amide bonds. The highest BCUT2D eigenvalue weighted by molar-refractivity contribution is 5.84. The zero-order valence-corrected chi connectivity index (χ0v) is 18.1. The molecule has 3 N–H and O–H groups in total. The van der Waals surface area contributed by atoms with Gasteiger partial charge in [-0.25, -0.2) is 9.97 Å². The molecule has 1 fully saturated rings. The quantitative estimate of drug-likeness (QED) is 0.415. The molecule has 164 valence electrons. The molecule has 33 heavy (non-hydrogen) atoms. The number of hydrogen-bond donors (Lipinski definition) is 2. The number of pyridine rings is 1. The van der Waals surface area contributed by atoms with Gasteiger partial charge in [0.05, 0.1) is 17.8 Å². The van der Waals surface area contributed by atoms with Gasteiger partial charge in [0.25, 0.3) is 0 Å². The average molecular weight is 437 g/mol. The monoisotopic (exact) mass is 436 g/mol. The summed E-state index contributed by atoms with van der Waals surface area (Å²) < 4.78 is 8.20. The molecule has 7 heteroatoms. The molecule has 0 atom stereocenters. The first-order valence-corrected chi connectivity index (χ1v) is 11.2. The number of rotatable bonds is 4. The van der Waals surface area contributed by atoms with Crippen molar-refractivity contribution in [2.75, 3.05) is 18.8 Å². The van der Waals surface area contributed by atoms with Crippen LogP contribution in [0.15, 0.2) is 77.6 Å². The molecule has 0 radical (unpaired) electrons. The highest BCUT2D eigenvalue weighted by atomic mass is 16.3. The Bertz CT molecular complexity index is 1420. The Morgan fingerprint density at radius 2 is 1.76 bits per heavy atom. The van der Waals surface area contributed by atoms with Crippen LogP contribution in [-0.4, -0.2) is 32.8 Å². The number of nitrogens with one attached hydrogen (secondary N) is 1. The van der Waals surface area contributed by atoms with Crippen LogP contribution in [0, 0.1) is 0 Å². The topological polar surface area (TPSA) is 94.8 Å². The molecule has 1 aliphatic heterocycles. The summed E-state index contributed by atoms with van der Waals surface area (Å²) in [4.78, 5) is 9.10. The number of piperidine rings is 1. The SMILES string of the molecule is Nc1ncc(-c2cnn(C3CCNCC3)c2)cc1-c1nc2ccc(-c3ccccc3)cc2o1. The maximum atomic E-state index is 6.23. The van der Waals surface area contributed by atoms with Crippen molar-refractivity contribution in [1.82, 2.24) is 25.1 Å². The van der Waals surface area contributed by atoms with Gasteiger partial charge < -0.3 is 15.5 Å². The summed E-state index contributed by atoms with van der Waals surface area (Å²) in [5, 5.41) is 8.00. The van der Waals surface area contributed by atoms with Crippen molar-refractivity contribution < 1.29 is 4.42 Å². The van der Waals surface area contributed by atoms with E-state index in [0.717, 1.165) is 59.3 Å². The predicted octanol–water partition coefficient (Wildman–Crippen LogP) is 4.93. The van der Waals surface area contributed by atoms with E-state index in [9.17, 15) is 0 Å². The van der Waals surface area contributed by atoms with Gasteiger partial charge in [-0.1, -0.05) is 36.4 Å². The van der Waals surface area contributed by atoms with Crippen LogP contribution in [0.1, 0.15) is 18.9 Å². The molecular formula is C26H24N6O. The molecule has 6 rings (SSSR count). The van der Waals surface area contributed by atoms with Gasteiger partial charge in [-0.15, -0.1) is 0 Å². The largest absolute Gasteiger partial charge is 0.436 e. The first-order chi connectivity index (χ1) is 16.2. The molecule has 0 spiro atoms. The fourth-order valence-corrected chi connectivity index (χ4v) is 4.41. The van der Waals surface area contributed by atoms with Crippen molar-refractivity contribution in [3.8, 4) is 33.7 Å². The summed E-state index contributed by atoms with van der Waals surface area (Å²) in [6.07, 6.45) is 7.92. The molecule has 3 aromatic heterocycles. The molecule has 2 aromatic carbocycles. The highest BCUT2D eigenvalue weighted by Gasteiger charge is 2.18. The Labute approximate surface area is 191 Å². The number of anilines is 1. The third-order valence-electron chi connectivity index (χ3n) is 6.26. The average Bonchev–Trinajstić information content (AvgIpc) is 3.53. The van der Waals surface area contributed by atoms with E-state index >= 15 is 0 Å². The van der Waals surface area contributed by atoms with E-state index < -0.39 is 0 Å². The van der Waals surface area contributed by atoms with Gasteiger partial charge in [0, 0.05) is 23.5 Å². The number of nitrogens with zero attached hydrogens (tertiary/aromatic N) is 4. The Kier molecular flexibility index (Phi) is 4.88.